The van der Waals surface area contributed by atoms with Crippen molar-refractivity contribution in [1.82, 2.24) is 10.2 Å². The highest BCUT2D eigenvalue weighted by atomic mass is 16.5. The molecule has 6 heteroatoms. The van der Waals surface area contributed by atoms with E-state index in [1.165, 1.54) is 11.8 Å². The van der Waals surface area contributed by atoms with Crippen LogP contribution in [-0.4, -0.2) is 42.8 Å². The number of carbonyl (C=O) groups is 3. The van der Waals surface area contributed by atoms with E-state index in [4.69, 9.17) is 4.74 Å². The number of alkyl carbamates (subject to hydrolysis) is 1. The predicted molar refractivity (Wildman–Crippen MR) is 77.5 cm³/mol. The van der Waals surface area contributed by atoms with Gasteiger partial charge >= 0.3 is 6.09 Å². The smallest absolute Gasteiger partial charge is 0.408 e. The zero-order valence-electron chi connectivity index (χ0n) is 12.5. The molecule has 0 aliphatic carbocycles. The molecule has 1 aromatic carbocycles. The highest BCUT2D eigenvalue weighted by Gasteiger charge is 2.22. The molecule has 1 atom stereocenters. The molecule has 0 heterocycles. The maximum Gasteiger partial charge on any atom is 0.408 e. The number of nitrogens with zero attached hydrogens (tertiary/aromatic N) is 1. The van der Waals surface area contributed by atoms with Gasteiger partial charge in [-0.3, -0.25) is 9.59 Å². The molecular weight excluding hydrogens is 272 g/mol. The van der Waals surface area contributed by atoms with Gasteiger partial charge in [-0.05, 0) is 12.5 Å². The zero-order valence-corrected chi connectivity index (χ0v) is 12.5. The van der Waals surface area contributed by atoms with Crippen LogP contribution in [0.4, 0.5) is 4.79 Å². The van der Waals surface area contributed by atoms with Crippen molar-refractivity contribution >= 4 is 17.8 Å². The number of hydrogen-bond acceptors (Lipinski definition) is 4. The van der Waals surface area contributed by atoms with Crippen LogP contribution >= 0.6 is 0 Å². The average Bonchev–Trinajstić information content (AvgIpc) is 2.45. The van der Waals surface area contributed by atoms with Crippen molar-refractivity contribution in [2.24, 2.45) is 0 Å². The first kappa shape index (κ1) is 16.7. The van der Waals surface area contributed by atoms with Gasteiger partial charge in [-0.1, -0.05) is 30.3 Å². The quantitative estimate of drug-likeness (QED) is 0.858. The third-order valence-electron chi connectivity index (χ3n) is 2.87. The van der Waals surface area contributed by atoms with Crippen molar-refractivity contribution in [2.75, 3.05) is 14.1 Å². The molecule has 1 aromatic rings. The molecule has 0 saturated heterocycles. The standard InChI is InChI=1S/C15H20N2O4/c1-11(18)13(9-14(19)17(2)3)16-15(20)21-10-12-7-5-4-6-8-12/h4-8,13H,9-10H2,1-3H3,(H,16,20). The Balaban J connectivity index is 2.49. The van der Waals surface area contributed by atoms with Gasteiger partial charge in [0.25, 0.3) is 0 Å². The molecule has 1 unspecified atom stereocenters. The first-order valence-electron chi connectivity index (χ1n) is 6.58. The molecule has 0 saturated carbocycles. The van der Waals surface area contributed by atoms with Crippen LogP contribution in [0.2, 0.25) is 0 Å². The lowest BCUT2D eigenvalue weighted by Crippen LogP contribution is -2.43. The maximum atomic E-state index is 11.7. The van der Waals surface area contributed by atoms with E-state index in [1.807, 2.05) is 30.3 Å². The molecule has 0 aliphatic rings. The Labute approximate surface area is 124 Å². The zero-order chi connectivity index (χ0) is 15.8. The number of ether oxygens (including phenoxy) is 1. The van der Waals surface area contributed by atoms with Crippen LogP contribution in [-0.2, 0) is 20.9 Å². The lowest BCUT2D eigenvalue weighted by Gasteiger charge is -2.18. The van der Waals surface area contributed by atoms with E-state index in [1.54, 1.807) is 14.1 Å². The molecule has 0 aliphatic heterocycles. The fourth-order valence-electron chi connectivity index (χ4n) is 1.56. The number of hydrogen-bond donors (Lipinski definition) is 1. The number of rotatable bonds is 6. The lowest BCUT2D eigenvalue weighted by atomic mass is 10.1. The van der Waals surface area contributed by atoms with E-state index in [9.17, 15) is 14.4 Å². The first-order valence-corrected chi connectivity index (χ1v) is 6.58. The number of amides is 2. The van der Waals surface area contributed by atoms with Gasteiger partial charge in [0.15, 0.2) is 5.78 Å². The number of benzene rings is 1. The number of nitrogens with one attached hydrogen (secondary N) is 1. The Morgan fingerprint density at radius 2 is 1.81 bits per heavy atom. The summed E-state index contributed by atoms with van der Waals surface area (Å²) in [6.45, 7) is 1.43. The summed E-state index contributed by atoms with van der Waals surface area (Å²) in [5.41, 5.74) is 0.844. The largest absolute Gasteiger partial charge is 0.445 e. The van der Waals surface area contributed by atoms with Crippen molar-refractivity contribution < 1.29 is 19.1 Å². The van der Waals surface area contributed by atoms with Crippen molar-refractivity contribution in [3.05, 3.63) is 35.9 Å². The third kappa shape index (κ3) is 6.07. The van der Waals surface area contributed by atoms with Gasteiger partial charge in [0, 0.05) is 14.1 Å². The number of ketones is 1. The van der Waals surface area contributed by atoms with E-state index in [2.05, 4.69) is 5.32 Å². The second kappa shape index (κ2) is 8.04. The van der Waals surface area contributed by atoms with Crippen LogP contribution in [0.1, 0.15) is 18.9 Å². The summed E-state index contributed by atoms with van der Waals surface area (Å²) in [5.74, 6) is -0.527. The van der Waals surface area contributed by atoms with Crippen LogP contribution in [0, 0.1) is 0 Å². The molecule has 114 valence electrons. The Hall–Kier alpha value is -2.37. The molecule has 0 bridgehead atoms. The van der Waals surface area contributed by atoms with Crippen LogP contribution in [0.3, 0.4) is 0 Å². The Kier molecular flexibility index (Phi) is 6.39. The second-order valence-corrected chi connectivity index (χ2v) is 4.86. The Morgan fingerprint density at radius 1 is 1.19 bits per heavy atom. The van der Waals surface area contributed by atoms with Crippen molar-refractivity contribution in [2.45, 2.75) is 26.0 Å². The summed E-state index contributed by atoms with van der Waals surface area (Å²) in [7, 11) is 3.18. The van der Waals surface area contributed by atoms with E-state index in [-0.39, 0.29) is 24.7 Å². The van der Waals surface area contributed by atoms with Gasteiger partial charge in [-0.25, -0.2) is 4.79 Å². The Bertz CT molecular complexity index is 500. The monoisotopic (exact) mass is 292 g/mol. The average molecular weight is 292 g/mol. The summed E-state index contributed by atoms with van der Waals surface area (Å²) in [5, 5.41) is 2.41. The fraction of sp³-hybridized carbons (Fsp3) is 0.400. The molecule has 0 radical (unpaired) electrons. The summed E-state index contributed by atoms with van der Waals surface area (Å²) in [4.78, 5) is 36.1. The molecule has 1 N–H and O–H groups in total. The van der Waals surface area contributed by atoms with Crippen LogP contribution in [0.15, 0.2) is 30.3 Å². The molecule has 0 spiro atoms. The predicted octanol–water partition coefficient (Wildman–Crippen LogP) is 1.35. The van der Waals surface area contributed by atoms with Gasteiger partial charge in [-0.2, -0.15) is 0 Å². The minimum atomic E-state index is -0.872. The minimum Gasteiger partial charge on any atom is -0.445 e. The summed E-state index contributed by atoms with van der Waals surface area (Å²) in [6, 6.07) is 8.32. The minimum absolute atomic E-state index is 0.0806. The third-order valence-corrected chi connectivity index (χ3v) is 2.87. The van der Waals surface area contributed by atoms with Crippen molar-refractivity contribution in [1.29, 1.82) is 0 Å². The molecule has 0 aromatic heterocycles. The highest BCUT2D eigenvalue weighted by Crippen LogP contribution is 2.02. The van der Waals surface area contributed by atoms with E-state index in [0.717, 1.165) is 5.56 Å². The summed E-state index contributed by atoms with van der Waals surface area (Å²) < 4.78 is 5.02. The molecule has 0 fully saturated rings. The van der Waals surface area contributed by atoms with Gasteiger partial charge in [0.05, 0.1) is 12.5 Å². The molecule has 2 amide bonds. The van der Waals surface area contributed by atoms with E-state index >= 15 is 0 Å². The fourth-order valence-corrected chi connectivity index (χ4v) is 1.56. The van der Waals surface area contributed by atoms with Crippen LogP contribution in [0.5, 0.6) is 0 Å². The maximum absolute atomic E-state index is 11.7. The van der Waals surface area contributed by atoms with E-state index < -0.39 is 12.1 Å². The number of carbonyl (C=O) groups excluding carboxylic acids is 3. The van der Waals surface area contributed by atoms with Crippen LogP contribution < -0.4 is 5.32 Å². The molecule has 1 rings (SSSR count). The number of Topliss-reactive ketones (excluding diaryl/α,β-unsaturated/α-hetero) is 1. The molecular formula is C15H20N2O4. The van der Waals surface area contributed by atoms with Crippen molar-refractivity contribution in [3.63, 3.8) is 0 Å². The van der Waals surface area contributed by atoms with Gasteiger partial charge in [0.1, 0.15) is 6.61 Å². The summed E-state index contributed by atoms with van der Waals surface area (Å²) in [6.07, 6.45) is -0.798. The van der Waals surface area contributed by atoms with Gasteiger partial charge in [0.2, 0.25) is 5.91 Å². The highest BCUT2D eigenvalue weighted by molar-refractivity contribution is 5.90. The topological polar surface area (TPSA) is 75.7 Å². The first-order chi connectivity index (χ1) is 9.90. The van der Waals surface area contributed by atoms with Gasteiger partial charge in [-0.15, -0.1) is 0 Å². The van der Waals surface area contributed by atoms with Gasteiger partial charge < -0.3 is 15.0 Å². The van der Waals surface area contributed by atoms with Crippen LogP contribution in [0.25, 0.3) is 0 Å². The van der Waals surface area contributed by atoms with E-state index in [0.29, 0.717) is 0 Å². The Morgan fingerprint density at radius 3 is 2.33 bits per heavy atom. The lowest BCUT2D eigenvalue weighted by molar-refractivity contribution is -0.131. The second-order valence-electron chi connectivity index (χ2n) is 4.86. The normalized spacial score (nSPS) is 11.4. The molecule has 21 heavy (non-hydrogen) atoms. The SMILES string of the molecule is CC(=O)C(CC(=O)N(C)C)NC(=O)OCc1ccccc1. The van der Waals surface area contributed by atoms with Crippen molar-refractivity contribution in [3.8, 4) is 0 Å². The molecule has 6 nitrogen and oxygen atoms in total. The summed E-state index contributed by atoms with van der Waals surface area (Å²) >= 11 is 0.